The molecule has 3 atom stereocenters. The fourth-order valence-electron chi connectivity index (χ4n) is 2.93. The van der Waals surface area contributed by atoms with Crippen LogP contribution in [0, 0.1) is 11.8 Å². The third-order valence-corrected chi connectivity index (χ3v) is 3.94. The van der Waals surface area contributed by atoms with E-state index in [1.165, 1.54) is 19.5 Å². The second kappa shape index (κ2) is 5.48. The molecule has 0 aromatic rings. The predicted molar refractivity (Wildman–Crippen MR) is 66.6 cm³/mol. The Balaban J connectivity index is 1.91. The molecule has 3 unspecified atom stereocenters. The van der Waals surface area contributed by atoms with Gasteiger partial charge in [-0.3, -0.25) is 4.90 Å². The van der Waals surface area contributed by atoms with Crippen LogP contribution in [0.4, 0.5) is 0 Å². The lowest BCUT2D eigenvalue weighted by Gasteiger charge is -2.42. The molecule has 1 N–H and O–H groups in total. The Morgan fingerprint density at radius 3 is 2.88 bits per heavy atom. The topological polar surface area (TPSA) is 24.5 Å². The molecule has 0 radical (unpaired) electrons. The van der Waals surface area contributed by atoms with Crippen LogP contribution in [0.15, 0.2) is 0 Å². The molecular weight excluding hydrogens is 200 g/mol. The first kappa shape index (κ1) is 12.3. The number of nitrogens with one attached hydrogen (secondary N) is 1. The zero-order chi connectivity index (χ0) is 11.5. The number of hydrogen-bond acceptors (Lipinski definition) is 3. The van der Waals surface area contributed by atoms with Gasteiger partial charge in [-0.2, -0.15) is 0 Å². The van der Waals surface area contributed by atoms with E-state index in [0.717, 1.165) is 31.6 Å². The van der Waals surface area contributed by atoms with Crippen LogP contribution in [0.5, 0.6) is 0 Å². The largest absolute Gasteiger partial charge is 0.381 e. The zero-order valence-electron chi connectivity index (χ0n) is 10.9. The van der Waals surface area contributed by atoms with Gasteiger partial charge in [0.05, 0.1) is 6.61 Å². The van der Waals surface area contributed by atoms with E-state index in [0.29, 0.717) is 12.1 Å². The van der Waals surface area contributed by atoms with Crippen LogP contribution in [0.2, 0.25) is 0 Å². The van der Waals surface area contributed by atoms with Crippen molar-refractivity contribution in [2.24, 2.45) is 11.8 Å². The van der Waals surface area contributed by atoms with E-state index in [9.17, 15) is 0 Å². The van der Waals surface area contributed by atoms with Gasteiger partial charge in [-0.25, -0.2) is 0 Å². The lowest BCUT2D eigenvalue weighted by atomic mass is 9.96. The quantitative estimate of drug-likeness (QED) is 0.786. The summed E-state index contributed by atoms with van der Waals surface area (Å²) in [6, 6.07) is 1.34. The fraction of sp³-hybridized carbons (Fsp3) is 1.00. The SMILES string of the molecule is CC1CN(CC2CCOC2)C(C(C)C)CN1. The molecule has 3 nitrogen and oxygen atoms in total. The Labute approximate surface area is 99.5 Å². The second-order valence-corrected chi connectivity index (χ2v) is 5.80. The first-order chi connectivity index (χ1) is 7.66. The molecule has 3 heteroatoms. The number of ether oxygens (including phenoxy) is 1. The average Bonchev–Trinajstić information content (AvgIpc) is 2.70. The van der Waals surface area contributed by atoms with Crippen LogP contribution in [-0.2, 0) is 4.74 Å². The van der Waals surface area contributed by atoms with Gasteiger partial charge in [0.15, 0.2) is 0 Å². The average molecular weight is 226 g/mol. The molecule has 94 valence electrons. The van der Waals surface area contributed by atoms with Crippen molar-refractivity contribution in [1.82, 2.24) is 10.2 Å². The summed E-state index contributed by atoms with van der Waals surface area (Å²) in [5, 5.41) is 3.60. The first-order valence-corrected chi connectivity index (χ1v) is 6.72. The van der Waals surface area contributed by atoms with Gasteiger partial charge in [0.1, 0.15) is 0 Å². The van der Waals surface area contributed by atoms with Gasteiger partial charge in [0.2, 0.25) is 0 Å². The normalized spacial score (nSPS) is 37.1. The predicted octanol–water partition coefficient (Wildman–Crippen LogP) is 1.34. The summed E-state index contributed by atoms with van der Waals surface area (Å²) in [4.78, 5) is 2.69. The zero-order valence-corrected chi connectivity index (χ0v) is 10.9. The van der Waals surface area contributed by atoms with E-state index in [1.54, 1.807) is 0 Å². The van der Waals surface area contributed by atoms with Crippen molar-refractivity contribution in [2.75, 3.05) is 32.8 Å². The number of nitrogens with zero attached hydrogens (tertiary/aromatic N) is 1. The smallest absolute Gasteiger partial charge is 0.0507 e. The van der Waals surface area contributed by atoms with E-state index in [-0.39, 0.29) is 0 Å². The first-order valence-electron chi connectivity index (χ1n) is 6.72. The van der Waals surface area contributed by atoms with Gasteiger partial charge >= 0.3 is 0 Å². The van der Waals surface area contributed by atoms with Crippen LogP contribution in [-0.4, -0.2) is 49.8 Å². The van der Waals surface area contributed by atoms with E-state index in [2.05, 4.69) is 31.0 Å². The van der Waals surface area contributed by atoms with E-state index < -0.39 is 0 Å². The molecule has 0 bridgehead atoms. The third-order valence-electron chi connectivity index (χ3n) is 3.94. The molecule has 2 aliphatic rings. The molecule has 2 saturated heterocycles. The molecular formula is C13H26N2O. The monoisotopic (exact) mass is 226 g/mol. The van der Waals surface area contributed by atoms with Gasteiger partial charge in [-0.05, 0) is 25.2 Å². The lowest BCUT2D eigenvalue weighted by Crippen LogP contribution is -2.58. The molecule has 2 aliphatic heterocycles. The second-order valence-electron chi connectivity index (χ2n) is 5.80. The van der Waals surface area contributed by atoms with E-state index in [4.69, 9.17) is 4.74 Å². The Bertz CT molecular complexity index is 214. The fourth-order valence-corrected chi connectivity index (χ4v) is 2.93. The minimum atomic E-state index is 0.636. The van der Waals surface area contributed by atoms with Gasteiger partial charge in [-0.15, -0.1) is 0 Å². The maximum Gasteiger partial charge on any atom is 0.0507 e. The van der Waals surface area contributed by atoms with E-state index in [1.807, 2.05) is 0 Å². The summed E-state index contributed by atoms with van der Waals surface area (Å²) >= 11 is 0. The Morgan fingerprint density at radius 1 is 1.44 bits per heavy atom. The Morgan fingerprint density at radius 2 is 2.25 bits per heavy atom. The molecule has 0 aromatic heterocycles. The minimum absolute atomic E-state index is 0.636. The molecule has 0 saturated carbocycles. The maximum absolute atomic E-state index is 5.48. The molecule has 2 rings (SSSR count). The summed E-state index contributed by atoms with van der Waals surface area (Å²) < 4.78 is 5.48. The molecule has 0 aliphatic carbocycles. The van der Waals surface area contributed by atoms with Crippen LogP contribution in [0.1, 0.15) is 27.2 Å². The summed E-state index contributed by atoms with van der Waals surface area (Å²) in [6.07, 6.45) is 1.25. The van der Waals surface area contributed by atoms with Gasteiger partial charge in [-0.1, -0.05) is 13.8 Å². The highest BCUT2D eigenvalue weighted by Crippen LogP contribution is 2.20. The van der Waals surface area contributed by atoms with Crippen LogP contribution in [0.3, 0.4) is 0 Å². The van der Waals surface area contributed by atoms with Crippen molar-refractivity contribution in [3.05, 3.63) is 0 Å². The number of piperazine rings is 1. The molecule has 16 heavy (non-hydrogen) atoms. The van der Waals surface area contributed by atoms with Crippen molar-refractivity contribution in [1.29, 1.82) is 0 Å². The molecule has 2 fully saturated rings. The highest BCUT2D eigenvalue weighted by molar-refractivity contribution is 4.87. The van der Waals surface area contributed by atoms with Crippen LogP contribution in [0.25, 0.3) is 0 Å². The Kier molecular flexibility index (Phi) is 4.22. The molecule has 0 amide bonds. The van der Waals surface area contributed by atoms with Crippen molar-refractivity contribution in [2.45, 2.75) is 39.3 Å². The van der Waals surface area contributed by atoms with Gasteiger partial charge in [0.25, 0.3) is 0 Å². The highest BCUT2D eigenvalue weighted by Gasteiger charge is 2.30. The highest BCUT2D eigenvalue weighted by atomic mass is 16.5. The third kappa shape index (κ3) is 2.96. The Hall–Kier alpha value is -0.120. The van der Waals surface area contributed by atoms with Crippen molar-refractivity contribution in [3.8, 4) is 0 Å². The summed E-state index contributed by atoms with van der Waals surface area (Å²) in [7, 11) is 0. The van der Waals surface area contributed by atoms with Crippen LogP contribution >= 0.6 is 0 Å². The summed E-state index contributed by atoms with van der Waals surface area (Å²) in [5.74, 6) is 1.51. The molecule has 0 spiro atoms. The summed E-state index contributed by atoms with van der Waals surface area (Å²) in [6.45, 7) is 12.5. The number of rotatable bonds is 3. The van der Waals surface area contributed by atoms with Gasteiger partial charge in [0, 0.05) is 38.3 Å². The van der Waals surface area contributed by atoms with Crippen molar-refractivity contribution < 1.29 is 4.74 Å². The lowest BCUT2D eigenvalue weighted by molar-refractivity contribution is 0.0806. The van der Waals surface area contributed by atoms with Gasteiger partial charge < -0.3 is 10.1 Å². The van der Waals surface area contributed by atoms with Crippen LogP contribution < -0.4 is 5.32 Å². The molecule has 2 heterocycles. The van der Waals surface area contributed by atoms with Crippen molar-refractivity contribution >= 4 is 0 Å². The molecule has 0 aromatic carbocycles. The van der Waals surface area contributed by atoms with E-state index >= 15 is 0 Å². The summed E-state index contributed by atoms with van der Waals surface area (Å²) in [5.41, 5.74) is 0. The maximum atomic E-state index is 5.48. The standard InChI is InChI=1S/C13H26N2O/c1-10(2)13-6-14-11(3)7-15(13)8-12-4-5-16-9-12/h10-14H,4-9H2,1-3H3. The minimum Gasteiger partial charge on any atom is -0.381 e. The number of hydrogen-bond donors (Lipinski definition) is 1. The van der Waals surface area contributed by atoms with Crippen molar-refractivity contribution in [3.63, 3.8) is 0 Å².